The van der Waals surface area contributed by atoms with E-state index in [0.717, 1.165) is 16.7 Å². The zero-order chi connectivity index (χ0) is 54.7. The minimum absolute atomic E-state index is 0.0205. The number of hydrogen-bond acceptors (Lipinski definition) is 14. The van der Waals surface area contributed by atoms with Gasteiger partial charge in [-0.3, -0.25) is 0 Å². The Morgan fingerprint density at radius 1 is 0.547 bits per heavy atom. The second kappa shape index (κ2) is 22.6. The van der Waals surface area contributed by atoms with Gasteiger partial charge in [0.25, 0.3) is 0 Å². The molecule has 0 aliphatic rings. The van der Waals surface area contributed by atoms with Crippen LogP contribution >= 0.6 is 34.8 Å². The highest BCUT2D eigenvalue weighted by Crippen LogP contribution is 2.38. The van der Waals surface area contributed by atoms with Gasteiger partial charge in [0.1, 0.15) is 16.9 Å². The van der Waals surface area contributed by atoms with Crippen molar-refractivity contribution >= 4 is 85.8 Å². The summed E-state index contributed by atoms with van der Waals surface area (Å²) >= 11 is 17.8. The van der Waals surface area contributed by atoms with Crippen LogP contribution in [0.4, 0.5) is 13.2 Å². The first-order valence-corrected chi connectivity index (χ1v) is 23.5. The summed E-state index contributed by atoms with van der Waals surface area (Å²) in [6.07, 6.45) is 5.36. The quantitative estimate of drug-likeness (QED) is 0.115. The molecule has 0 saturated heterocycles. The molecule has 0 spiro atoms. The summed E-state index contributed by atoms with van der Waals surface area (Å²) in [5.74, 6) is -4.89. The molecule has 0 radical (unpaired) electrons. The van der Waals surface area contributed by atoms with Crippen LogP contribution in [0.5, 0.6) is 17.2 Å². The first kappa shape index (κ1) is 54.8. The van der Waals surface area contributed by atoms with Gasteiger partial charge in [0.15, 0.2) is 69.3 Å². The molecule has 6 aromatic heterocycles. The van der Waals surface area contributed by atoms with Crippen molar-refractivity contribution in [2.45, 2.75) is 47.7 Å². The van der Waals surface area contributed by atoms with Crippen molar-refractivity contribution in [3.8, 4) is 51.4 Å². The molecule has 18 nitrogen and oxygen atoms in total. The molecule has 390 valence electrons. The molecule has 3 aromatic carbocycles. The Hall–Kier alpha value is -8.01. The molecule has 2 N–H and O–H groups in total. The molecule has 0 bridgehead atoms. The molecule has 0 unspecified atom stereocenters. The van der Waals surface area contributed by atoms with Crippen molar-refractivity contribution in [1.82, 2.24) is 44.0 Å². The summed E-state index contributed by atoms with van der Waals surface area (Å²) < 4.78 is 72.4. The van der Waals surface area contributed by atoms with Crippen LogP contribution in [0.25, 0.3) is 67.3 Å². The number of nitrogens with zero attached hydrogens (tertiary/aromatic N) is 8. The van der Waals surface area contributed by atoms with Crippen molar-refractivity contribution in [2.24, 2.45) is 0 Å². The summed E-state index contributed by atoms with van der Waals surface area (Å²) in [6.45, 7) is 10.5. The summed E-state index contributed by atoms with van der Waals surface area (Å²) in [7, 11) is 6.46. The van der Waals surface area contributed by atoms with Gasteiger partial charge in [0.2, 0.25) is 0 Å². The van der Waals surface area contributed by atoms with Crippen LogP contribution in [0.3, 0.4) is 0 Å². The van der Waals surface area contributed by atoms with Gasteiger partial charge in [-0.05, 0) is 87.7 Å². The van der Waals surface area contributed by atoms with E-state index in [1.807, 2.05) is 31.5 Å². The lowest BCUT2D eigenvalue weighted by Crippen LogP contribution is -2.09. The number of rotatable bonds is 11. The molecule has 75 heavy (non-hydrogen) atoms. The third-order valence-corrected chi connectivity index (χ3v) is 12.6. The Morgan fingerprint density at radius 2 is 0.907 bits per heavy atom. The highest BCUT2D eigenvalue weighted by Gasteiger charge is 2.27. The molecule has 0 saturated carbocycles. The summed E-state index contributed by atoms with van der Waals surface area (Å²) in [5, 5.41) is 11.5. The maximum absolute atomic E-state index is 14.8. The number of fused-ring (bicyclic) bond motifs is 3. The predicted molar refractivity (Wildman–Crippen MR) is 275 cm³/mol. The highest BCUT2D eigenvalue weighted by molar-refractivity contribution is 6.33. The fourth-order valence-corrected chi connectivity index (χ4v) is 8.78. The topological polar surface area (TPSA) is 221 Å². The Morgan fingerprint density at radius 3 is 1.27 bits per heavy atom. The van der Waals surface area contributed by atoms with E-state index in [2.05, 4.69) is 34.9 Å². The van der Waals surface area contributed by atoms with Crippen LogP contribution in [-0.4, -0.2) is 103 Å². The number of hydrogen-bond donors (Lipinski definition) is 2. The SMILES string of the molecule is CCn1cc(C)c2c(C(=O)O)nc(-c3ccc(Cl)c(OC)c3F)nc21.CCn1cc(C)c2c(C(=O)OC)nc(-c3ccc(Cl)c(OC)c3F)nc21.COC(=O)c1nc(-c2ccc(Cl)c(OC)c2F)nc2[nH]cc(C)c12. The van der Waals surface area contributed by atoms with Gasteiger partial charge in [0.05, 0.1) is 83.5 Å². The number of carboxylic acids is 1. The number of aromatic carboxylic acids is 1. The number of halogens is 6. The maximum Gasteiger partial charge on any atom is 0.357 e. The Balaban J connectivity index is 0.000000164. The molecule has 0 atom stereocenters. The average molecular weight is 1090 g/mol. The largest absolute Gasteiger partial charge is 0.492 e. The van der Waals surface area contributed by atoms with Crippen LogP contribution in [0.1, 0.15) is 62.0 Å². The van der Waals surface area contributed by atoms with Gasteiger partial charge < -0.3 is 42.9 Å². The van der Waals surface area contributed by atoms with Gasteiger partial charge in [-0.15, -0.1) is 0 Å². The van der Waals surface area contributed by atoms with Crippen LogP contribution in [-0.2, 0) is 22.6 Å². The molecule has 24 heteroatoms. The summed E-state index contributed by atoms with van der Waals surface area (Å²) in [4.78, 5) is 64.7. The smallest absolute Gasteiger partial charge is 0.357 e. The van der Waals surface area contributed by atoms with E-state index in [0.29, 0.717) is 46.2 Å². The number of aromatic nitrogens is 9. The second-order valence-corrected chi connectivity index (χ2v) is 17.3. The Bertz CT molecular complexity index is 3730. The zero-order valence-corrected chi connectivity index (χ0v) is 43.9. The van der Waals surface area contributed by atoms with Crippen molar-refractivity contribution in [3.63, 3.8) is 0 Å². The third-order valence-electron chi connectivity index (χ3n) is 11.7. The third kappa shape index (κ3) is 10.3. The molecule has 0 fully saturated rings. The maximum atomic E-state index is 14.8. The summed E-state index contributed by atoms with van der Waals surface area (Å²) in [6, 6.07) is 8.71. The number of methoxy groups -OCH3 is 5. The number of aryl methyl sites for hydroxylation is 5. The number of carbonyl (C=O) groups excluding carboxylic acids is 2. The molecule has 9 rings (SSSR count). The number of carboxylic acid groups (broad SMARTS) is 1. The number of esters is 2. The predicted octanol–water partition coefficient (Wildman–Crippen LogP) is 11.5. The van der Waals surface area contributed by atoms with E-state index in [4.69, 9.17) is 58.5 Å². The minimum atomic E-state index is -1.20. The van der Waals surface area contributed by atoms with Crippen molar-refractivity contribution in [1.29, 1.82) is 0 Å². The van der Waals surface area contributed by atoms with Crippen molar-refractivity contribution in [3.05, 3.63) is 121 Å². The molecule has 0 amide bonds. The lowest BCUT2D eigenvalue weighted by Gasteiger charge is -2.11. The van der Waals surface area contributed by atoms with Gasteiger partial charge in [-0.25, -0.2) is 57.5 Å². The fraction of sp³-hybridized carbons (Fsp3) is 0.235. The van der Waals surface area contributed by atoms with E-state index in [1.54, 1.807) is 30.8 Å². The first-order valence-electron chi connectivity index (χ1n) is 22.4. The Kier molecular flexibility index (Phi) is 16.5. The second-order valence-electron chi connectivity index (χ2n) is 16.1. The van der Waals surface area contributed by atoms with Crippen LogP contribution in [0, 0.1) is 38.2 Å². The van der Waals surface area contributed by atoms with Crippen LogP contribution in [0.2, 0.25) is 15.1 Å². The lowest BCUT2D eigenvalue weighted by atomic mass is 10.1. The van der Waals surface area contributed by atoms with Crippen LogP contribution in [0.15, 0.2) is 55.0 Å². The molecule has 0 aliphatic heterocycles. The molecule has 0 aliphatic carbocycles. The van der Waals surface area contributed by atoms with Gasteiger partial charge >= 0.3 is 17.9 Å². The zero-order valence-electron chi connectivity index (χ0n) is 41.7. The van der Waals surface area contributed by atoms with E-state index >= 15 is 0 Å². The monoisotopic (exact) mass is 1090 g/mol. The number of benzene rings is 3. The molecular formula is C51H45Cl3F3N9O9. The molecular weight excluding hydrogens is 1050 g/mol. The number of carbonyl (C=O) groups is 3. The van der Waals surface area contributed by atoms with E-state index in [9.17, 15) is 32.7 Å². The standard InChI is InChI=1S/C18H17ClFN3O3.C17H15ClFN3O3.C16H13ClFN3O3/c1-5-23-8-9(2)12-14(18(24)26-4)21-16(22-17(12)23)10-6-7-11(19)15(25-3)13(10)20;1-4-22-7-8(2)11-13(17(23)24)20-15(21-16(11)22)9-5-6-10(18)14(25-3)12(9)19;1-7-6-19-15-10(7)12(16(22)24-3)20-14(21-15)8-4-5-9(17)13(23-2)11(8)18/h6-8H,5H2,1-4H3;5-7H,4H2,1-3H3,(H,23,24);4-6H,1-3H3,(H,19,20,21). The first-order chi connectivity index (χ1) is 35.8. The molecule has 6 heterocycles. The minimum Gasteiger partial charge on any atom is -0.492 e. The number of nitrogens with one attached hydrogen (secondary N) is 1. The normalized spacial score (nSPS) is 11.0. The Labute approximate surface area is 440 Å². The van der Waals surface area contributed by atoms with Crippen LogP contribution < -0.4 is 14.2 Å². The van der Waals surface area contributed by atoms with E-state index in [-0.39, 0.29) is 83.6 Å². The van der Waals surface area contributed by atoms with E-state index in [1.165, 1.54) is 71.9 Å². The van der Waals surface area contributed by atoms with Gasteiger partial charge in [-0.2, -0.15) is 0 Å². The molecule has 9 aromatic rings. The lowest BCUT2D eigenvalue weighted by molar-refractivity contribution is 0.0587. The number of H-pyrrole nitrogens is 1. The van der Waals surface area contributed by atoms with Crippen molar-refractivity contribution in [2.75, 3.05) is 35.5 Å². The van der Waals surface area contributed by atoms with E-state index < -0.39 is 35.4 Å². The van der Waals surface area contributed by atoms with Gasteiger partial charge in [-0.1, -0.05) is 34.8 Å². The summed E-state index contributed by atoms with van der Waals surface area (Å²) in [5.41, 5.74) is 3.89. The van der Waals surface area contributed by atoms with Crippen molar-refractivity contribution < 1.29 is 56.3 Å². The van der Waals surface area contributed by atoms with Gasteiger partial charge in [0, 0.05) is 31.7 Å². The fourth-order valence-electron chi connectivity index (χ4n) is 8.11. The number of aromatic amines is 1. The number of ether oxygens (including phenoxy) is 5. The highest BCUT2D eigenvalue weighted by atomic mass is 35.5. The average Bonchev–Trinajstić information content (AvgIpc) is 4.06.